The summed E-state index contributed by atoms with van der Waals surface area (Å²) in [5.74, 6) is 0.270. The highest BCUT2D eigenvalue weighted by Gasteiger charge is 2.07. The Labute approximate surface area is 135 Å². The van der Waals surface area contributed by atoms with E-state index in [0.717, 1.165) is 16.3 Å². The van der Waals surface area contributed by atoms with Crippen LogP contribution in [0.2, 0.25) is 5.02 Å². The van der Waals surface area contributed by atoms with Crippen molar-refractivity contribution in [2.45, 2.75) is 20.4 Å². The summed E-state index contributed by atoms with van der Waals surface area (Å²) in [6.45, 7) is 5.36. The van der Waals surface area contributed by atoms with Crippen molar-refractivity contribution in [2.75, 3.05) is 11.9 Å². The van der Waals surface area contributed by atoms with E-state index < -0.39 is 0 Å². The van der Waals surface area contributed by atoms with E-state index in [1.54, 1.807) is 12.3 Å². The van der Waals surface area contributed by atoms with Gasteiger partial charge in [-0.2, -0.15) is 0 Å². The van der Waals surface area contributed by atoms with Crippen LogP contribution in [-0.4, -0.2) is 17.4 Å². The summed E-state index contributed by atoms with van der Waals surface area (Å²) in [4.78, 5) is 16.1. The van der Waals surface area contributed by atoms with Gasteiger partial charge in [0.05, 0.1) is 11.9 Å². The smallest absolute Gasteiger partial charge is 0.269 e. The molecule has 0 atom stereocenters. The number of aromatic nitrogens is 1. The maximum atomic E-state index is 11.9. The average Bonchev–Trinajstić information content (AvgIpc) is 2.52. The SMILES string of the molecule is CC(C)CNC(=O)c1ccc(NCc2ccccc2Cl)cn1. The summed E-state index contributed by atoms with van der Waals surface area (Å²) in [6.07, 6.45) is 1.65. The van der Waals surface area contributed by atoms with Gasteiger partial charge in [-0.05, 0) is 29.7 Å². The second-order valence-corrected chi connectivity index (χ2v) is 5.89. The van der Waals surface area contributed by atoms with Gasteiger partial charge in [0.15, 0.2) is 0 Å². The molecule has 0 aliphatic heterocycles. The zero-order valence-corrected chi connectivity index (χ0v) is 13.5. The topological polar surface area (TPSA) is 54.0 Å². The number of pyridine rings is 1. The summed E-state index contributed by atoms with van der Waals surface area (Å²) in [6, 6.07) is 11.2. The maximum Gasteiger partial charge on any atom is 0.269 e. The van der Waals surface area contributed by atoms with Crippen LogP contribution in [0.5, 0.6) is 0 Å². The highest BCUT2D eigenvalue weighted by Crippen LogP contribution is 2.16. The highest BCUT2D eigenvalue weighted by molar-refractivity contribution is 6.31. The lowest BCUT2D eigenvalue weighted by atomic mass is 10.2. The van der Waals surface area contributed by atoms with E-state index >= 15 is 0 Å². The molecule has 116 valence electrons. The summed E-state index contributed by atoms with van der Waals surface area (Å²) < 4.78 is 0. The molecule has 0 spiro atoms. The first-order valence-electron chi connectivity index (χ1n) is 7.28. The second-order valence-electron chi connectivity index (χ2n) is 5.48. The third-order valence-corrected chi connectivity index (χ3v) is 3.48. The van der Waals surface area contributed by atoms with Crippen molar-refractivity contribution in [3.8, 4) is 0 Å². The number of amides is 1. The van der Waals surface area contributed by atoms with Crippen LogP contribution >= 0.6 is 11.6 Å². The van der Waals surface area contributed by atoms with Crippen LogP contribution in [0.3, 0.4) is 0 Å². The Morgan fingerprint density at radius 1 is 1.23 bits per heavy atom. The summed E-state index contributed by atoms with van der Waals surface area (Å²) in [5, 5.41) is 6.81. The fourth-order valence-electron chi connectivity index (χ4n) is 1.86. The van der Waals surface area contributed by atoms with Crippen LogP contribution in [0, 0.1) is 5.92 Å². The summed E-state index contributed by atoms with van der Waals surface area (Å²) >= 11 is 6.11. The molecule has 22 heavy (non-hydrogen) atoms. The molecule has 2 N–H and O–H groups in total. The van der Waals surface area contributed by atoms with Gasteiger partial charge in [-0.1, -0.05) is 43.6 Å². The predicted molar refractivity (Wildman–Crippen MR) is 90.2 cm³/mol. The van der Waals surface area contributed by atoms with E-state index in [9.17, 15) is 4.79 Å². The van der Waals surface area contributed by atoms with Crippen LogP contribution in [0.25, 0.3) is 0 Å². The molecule has 2 rings (SSSR count). The first-order valence-corrected chi connectivity index (χ1v) is 7.65. The third kappa shape index (κ3) is 4.74. The van der Waals surface area contributed by atoms with Crippen molar-refractivity contribution < 1.29 is 4.79 Å². The number of hydrogen-bond acceptors (Lipinski definition) is 3. The molecule has 1 aromatic carbocycles. The second kappa shape index (κ2) is 7.80. The minimum atomic E-state index is -0.147. The van der Waals surface area contributed by atoms with Crippen molar-refractivity contribution in [3.05, 3.63) is 58.9 Å². The molecule has 0 bridgehead atoms. The summed E-state index contributed by atoms with van der Waals surface area (Å²) in [5.41, 5.74) is 2.28. The molecule has 4 nitrogen and oxygen atoms in total. The van der Waals surface area contributed by atoms with E-state index in [1.807, 2.05) is 30.3 Å². The van der Waals surface area contributed by atoms with Gasteiger partial charge in [0.25, 0.3) is 5.91 Å². The molecule has 1 aromatic heterocycles. The third-order valence-electron chi connectivity index (χ3n) is 3.11. The zero-order chi connectivity index (χ0) is 15.9. The monoisotopic (exact) mass is 317 g/mol. The Bertz CT molecular complexity index is 626. The Balaban J connectivity index is 1.92. The molecule has 0 unspecified atom stereocenters. The molecule has 5 heteroatoms. The molecule has 2 aromatic rings. The average molecular weight is 318 g/mol. The van der Waals surface area contributed by atoms with Crippen LogP contribution < -0.4 is 10.6 Å². The Kier molecular flexibility index (Phi) is 5.78. The molecule has 0 saturated carbocycles. The number of halogens is 1. The van der Waals surface area contributed by atoms with Crippen molar-refractivity contribution in [1.82, 2.24) is 10.3 Å². The fraction of sp³-hybridized carbons (Fsp3) is 0.294. The van der Waals surface area contributed by atoms with Gasteiger partial charge in [0.2, 0.25) is 0 Å². The number of hydrogen-bond donors (Lipinski definition) is 2. The van der Waals surface area contributed by atoms with Crippen LogP contribution in [0.15, 0.2) is 42.6 Å². The van der Waals surface area contributed by atoms with Gasteiger partial charge in [-0.15, -0.1) is 0 Å². The van der Waals surface area contributed by atoms with Crippen molar-refractivity contribution in [1.29, 1.82) is 0 Å². The molecule has 0 fully saturated rings. The van der Waals surface area contributed by atoms with Gasteiger partial charge in [0, 0.05) is 18.1 Å². The number of carbonyl (C=O) groups excluding carboxylic acids is 1. The van der Waals surface area contributed by atoms with Crippen LogP contribution in [0.4, 0.5) is 5.69 Å². The van der Waals surface area contributed by atoms with Gasteiger partial charge in [-0.3, -0.25) is 4.79 Å². The zero-order valence-electron chi connectivity index (χ0n) is 12.8. The minimum Gasteiger partial charge on any atom is -0.380 e. The quantitative estimate of drug-likeness (QED) is 0.853. The number of carbonyl (C=O) groups is 1. The lowest BCUT2D eigenvalue weighted by Gasteiger charge is -2.09. The maximum absolute atomic E-state index is 11.9. The van der Waals surface area contributed by atoms with E-state index in [2.05, 4.69) is 29.5 Å². The Morgan fingerprint density at radius 3 is 2.64 bits per heavy atom. The molecule has 1 heterocycles. The van der Waals surface area contributed by atoms with Crippen LogP contribution in [0.1, 0.15) is 29.9 Å². The predicted octanol–water partition coefficient (Wildman–Crippen LogP) is 3.73. The molecular formula is C17H20ClN3O. The number of anilines is 1. The van der Waals surface area contributed by atoms with Gasteiger partial charge >= 0.3 is 0 Å². The Morgan fingerprint density at radius 2 is 2.00 bits per heavy atom. The van der Waals surface area contributed by atoms with Gasteiger partial charge in [0.1, 0.15) is 5.69 Å². The number of benzene rings is 1. The highest BCUT2D eigenvalue weighted by atomic mass is 35.5. The van der Waals surface area contributed by atoms with Crippen LogP contribution in [-0.2, 0) is 6.54 Å². The fourth-order valence-corrected chi connectivity index (χ4v) is 2.06. The molecule has 0 aliphatic carbocycles. The standard InChI is InChI=1S/C17H20ClN3O/c1-12(2)9-21-17(22)16-8-7-14(11-20-16)19-10-13-5-3-4-6-15(13)18/h3-8,11-12,19H,9-10H2,1-2H3,(H,21,22). The van der Waals surface area contributed by atoms with Gasteiger partial charge in [-0.25, -0.2) is 4.98 Å². The minimum absolute atomic E-state index is 0.147. The number of rotatable bonds is 6. The van der Waals surface area contributed by atoms with Crippen molar-refractivity contribution in [2.24, 2.45) is 5.92 Å². The largest absolute Gasteiger partial charge is 0.380 e. The Hall–Kier alpha value is -2.07. The molecule has 1 amide bonds. The van der Waals surface area contributed by atoms with E-state index in [0.29, 0.717) is 24.7 Å². The van der Waals surface area contributed by atoms with Crippen molar-refractivity contribution >= 4 is 23.2 Å². The van der Waals surface area contributed by atoms with E-state index in [1.165, 1.54) is 0 Å². The molecular weight excluding hydrogens is 298 g/mol. The van der Waals surface area contributed by atoms with Gasteiger partial charge < -0.3 is 10.6 Å². The lowest BCUT2D eigenvalue weighted by Crippen LogP contribution is -2.27. The number of nitrogens with one attached hydrogen (secondary N) is 2. The lowest BCUT2D eigenvalue weighted by molar-refractivity contribution is 0.0944. The number of nitrogens with zero attached hydrogens (tertiary/aromatic N) is 1. The molecule has 0 aliphatic rings. The first-order chi connectivity index (χ1) is 10.6. The van der Waals surface area contributed by atoms with E-state index in [4.69, 9.17) is 11.6 Å². The normalized spacial score (nSPS) is 10.5. The molecule has 0 radical (unpaired) electrons. The molecule has 0 saturated heterocycles. The van der Waals surface area contributed by atoms with E-state index in [-0.39, 0.29) is 5.91 Å². The summed E-state index contributed by atoms with van der Waals surface area (Å²) in [7, 11) is 0. The first kappa shape index (κ1) is 16.3. The van der Waals surface area contributed by atoms with Crippen molar-refractivity contribution in [3.63, 3.8) is 0 Å².